The van der Waals surface area contributed by atoms with E-state index in [1.807, 2.05) is 18.2 Å². The van der Waals surface area contributed by atoms with Crippen molar-refractivity contribution in [3.63, 3.8) is 0 Å². The number of hydrogen-bond acceptors (Lipinski definition) is 5. The maximum Gasteiger partial charge on any atom is 0.234 e. The molecule has 4 atom stereocenters. The Hall–Kier alpha value is -3.22. The lowest BCUT2D eigenvalue weighted by molar-refractivity contribution is -0.144. The van der Waals surface area contributed by atoms with Crippen molar-refractivity contribution in [3.05, 3.63) is 82.4 Å². The third-order valence-electron chi connectivity index (χ3n) is 9.92. The first-order chi connectivity index (χ1) is 20.4. The number of phenolic OH excluding ortho intramolecular Hbond substituents is 1. The number of benzene rings is 2. The monoisotopic (exact) mass is 568 g/mol. The van der Waals surface area contributed by atoms with E-state index in [1.54, 1.807) is 17.0 Å². The van der Waals surface area contributed by atoms with Gasteiger partial charge in [-0.2, -0.15) is 0 Å². The van der Waals surface area contributed by atoms with Crippen LogP contribution in [-0.4, -0.2) is 58.6 Å². The summed E-state index contributed by atoms with van der Waals surface area (Å²) >= 11 is 0. The van der Waals surface area contributed by atoms with E-state index >= 15 is 0 Å². The van der Waals surface area contributed by atoms with Gasteiger partial charge in [0, 0.05) is 31.6 Å². The number of carbonyl (C=O) groups excluding carboxylic acids is 2. The van der Waals surface area contributed by atoms with Crippen molar-refractivity contribution in [1.82, 2.24) is 9.80 Å². The Morgan fingerprint density at radius 2 is 1.71 bits per heavy atom. The van der Waals surface area contributed by atoms with E-state index in [2.05, 4.69) is 49.1 Å². The molecule has 0 radical (unpaired) electrons. The largest absolute Gasteiger partial charge is 0.508 e. The van der Waals surface area contributed by atoms with Gasteiger partial charge in [-0.05, 0) is 74.3 Å². The third-order valence-corrected chi connectivity index (χ3v) is 9.92. The molecule has 0 aromatic heterocycles. The van der Waals surface area contributed by atoms with Crippen LogP contribution in [0.15, 0.2) is 71.3 Å². The minimum absolute atomic E-state index is 0.00568. The normalized spacial score (nSPS) is 27.1. The molecular formula is C36H44N2O4. The molecule has 0 saturated carbocycles. The van der Waals surface area contributed by atoms with E-state index in [0.29, 0.717) is 13.0 Å². The first-order valence-electron chi connectivity index (χ1n) is 15.9. The second-order valence-corrected chi connectivity index (χ2v) is 12.7. The van der Waals surface area contributed by atoms with Crippen molar-refractivity contribution < 1.29 is 19.4 Å². The molecule has 1 N–H and O–H groups in total. The highest BCUT2D eigenvalue weighted by atomic mass is 16.5. The van der Waals surface area contributed by atoms with Gasteiger partial charge in [0.15, 0.2) is 0 Å². The Labute approximate surface area is 250 Å². The molecule has 1 aliphatic carbocycles. The van der Waals surface area contributed by atoms with Gasteiger partial charge >= 0.3 is 0 Å². The van der Waals surface area contributed by atoms with Crippen molar-refractivity contribution in [2.24, 2.45) is 17.8 Å². The van der Waals surface area contributed by atoms with E-state index in [9.17, 15) is 14.7 Å². The second kappa shape index (κ2) is 12.6. The zero-order chi connectivity index (χ0) is 29.2. The van der Waals surface area contributed by atoms with Gasteiger partial charge in [0.25, 0.3) is 0 Å². The van der Waals surface area contributed by atoms with Crippen molar-refractivity contribution in [1.29, 1.82) is 0 Å². The van der Waals surface area contributed by atoms with Gasteiger partial charge < -0.3 is 9.84 Å². The lowest BCUT2D eigenvalue weighted by Gasteiger charge is -2.36. The number of hydrogen-bond donors (Lipinski definition) is 1. The van der Waals surface area contributed by atoms with E-state index in [0.717, 1.165) is 63.7 Å². The van der Waals surface area contributed by atoms with Crippen molar-refractivity contribution in [2.75, 3.05) is 19.7 Å². The molecule has 42 heavy (non-hydrogen) atoms. The summed E-state index contributed by atoms with van der Waals surface area (Å²) in [6, 6.07) is 17.9. The van der Waals surface area contributed by atoms with Crippen LogP contribution in [0, 0.1) is 17.8 Å². The zero-order valence-electron chi connectivity index (χ0n) is 25.0. The predicted octanol–water partition coefficient (Wildman–Crippen LogP) is 6.36. The van der Waals surface area contributed by atoms with Crippen LogP contribution in [0.25, 0.3) is 6.08 Å². The summed E-state index contributed by atoms with van der Waals surface area (Å²) in [6.45, 7) is 7.61. The minimum atomic E-state index is -0.272. The van der Waals surface area contributed by atoms with E-state index < -0.39 is 0 Å². The number of phenols is 1. The van der Waals surface area contributed by atoms with Crippen LogP contribution in [-0.2, 0) is 20.9 Å². The molecule has 3 heterocycles. The molecule has 222 valence electrons. The molecule has 2 aromatic carbocycles. The highest BCUT2D eigenvalue weighted by Crippen LogP contribution is 2.50. The molecule has 3 fully saturated rings. The molecule has 6 rings (SSSR count). The molecule has 3 saturated heterocycles. The fourth-order valence-corrected chi connectivity index (χ4v) is 7.90. The van der Waals surface area contributed by atoms with E-state index in [-0.39, 0.29) is 47.5 Å². The first-order valence-corrected chi connectivity index (χ1v) is 15.9. The molecule has 0 unspecified atom stereocenters. The summed E-state index contributed by atoms with van der Waals surface area (Å²) in [7, 11) is 0. The van der Waals surface area contributed by atoms with Crippen LogP contribution in [0.1, 0.15) is 69.9 Å². The van der Waals surface area contributed by atoms with E-state index in [4.69, 9.17) is 4.74 Å². The molecule has 4 aliphatic rings. The Balaban J connectivity index is 1.10. The number of ether oxygens (including phenoxy) is 1. The first kappa shape index (κ1) is 28.9. The van der Waals surface area contributed by atoms with Gasteiger partial charge in [-0.3, -0.25) is 19.4 Å². The Morgan fingerprint density at radius 3 is 2.43 bits per heavy atom. The van der Waals surface area contributed by atoms with Gasteiger partial charge in [-0.1, -0.05) is 73.0 Å². The van der Waals surface area contributed by atoms with Gasteiger partial charge in [0.2, 0.25) is 11.8 Å². The number of likely N-dealkylation sites (tertiary alicyclic amines) is 2. The number of aromatic hydroxyl groups is 1. The van der Waals surface area contributed by atoms with Crippen LogP contribution in [0.3, 0.4) is 0 Å². The van der Waals surface area contributed by atoms with Crippen LogP contribution < -0.4 is 0 Å². The topological polar surface area (TPSA) is 70.1 Å². The summed E-state index contributed by atoms with van der Waals surface area (Å²) in [6.07, 6.45) is 8.52. The molecule has 6 heteroatoms. The van der Waals surface area contributed by atoms with Crippen molar-refractivity contribution in [3.8, 4) is 5.75 Å². The maximum absolute atomic E-state index is 13.9. The van der Waals surface area contributed by atoms with Crippen molar-refractivity contribution >= 4 is 17.9 Å². The second-order valence-electron chi connectivity index (χ2n) is 12.7. The summed E-state index contributed by atoms with van der Waals surface area (Å²) in [5, 5.41) is 9.63. The van der Waals surface area contributed by atoms with Gasteiger partial charge in [-0.25, -0.2) is 0 Å². The third kappa shape index (κ3) is 5.84. The number of piperidine rings is 1. The van der Waals surface area contributed by atoms with Crippen LogP contribution in [0.5, 0.6) is 5.75 Å². The lowest BCUT2D eigenvalue weighted by atomic mass is 9.70. The fraction of sp³-hybridized carbons (Fsp3) is 0.500. The molecule has 0 spiro atoms. The number of nitrogens with zero attached hydrogens (tertiary/aromatic N) is 2. The summed E-state index contributed by atoms with van der Waals surface area (Å²) in [4.78, 5) is 31.8. The Bertz CT molecular complexity index is 1340. The molecule has 0 bridgehead atoms. The minimum Gasteiger partial charge on any atom is -0.508 e. The molecule has 2 amide bonds. The predicted molar refractivity (Wildman–Crippen MR) is 164 cm³/mol. The molecule has 6 nitrogen and oxygen atoms in total. The Morgan fingerprint density at radius 1 is 0.976 bits per heavy atom. The zero-order valence-corrected chi connectivity index (χ0v) is 25.0. The molecular weight excluding hydrogens is 524 g/mol. The quantitative estimate of drug-likeness (QED) is 0.282. The number of fused-ring (bicyclic) bond motifs is 3. The van der Waals surface area contributed by atoms with Crippen LogP contribution >= 0.6 is 0 Å². The standard InChI is InChI=1S/C36H44N2O4/c1-3-7-25(21-26-10-13-29(39)14-11-26)12-15-32-33-24(2)20-30-34(31(33)23-42-32)36(41)38(35(30)40)28-16-18-37(19-17-28)22-27-8-5-4-6-9-27/h4-6,8-11,13-14,21,28,30-32,34,39H,3,7,12,15-20,22-23H2,1-2H3/b25-21+/t30-,31+,32-,34-/m1/s1. The number of amides is 2. The van der Waals surface area contributed by atoms with Gasteiger partial charge in [0.05, 0.1) is 24.5 Å². The number of rotatable bonds is 9. The molecule has 3 aliphatic heterocycles. The fourth-order valence-electron chi connectivity index (χ4n) is 7.90. The molecule has 2 aromatic rings. The number of carbonyl (C=O) groups is 2. The summed E-state index contributed by atoms with van der Waals surface area (Å²) in [5.74, 6) is -0.115. The smallest absolute Gasteiger partial charge is 0.234 e. The van der Waals surface area contributed by atoms with Crippen LogP contribution in [0.4, 0.5) is 0 Å². The van der Waals surface area contributed by atoms with Gasteiger partial charge in [0.1, 0.15) is 5.75 Å². The number of allylic oxidation sites excluding steroid dienone is 2. The highest BCUT2D eigenvalue weighted by molar-refractivity contribution is 6.06. The van der Waals surface area contributed by atoms with Gasteiger partial charge in [-0.15, -0.1) is 0 Å². The SMILES string of the molecule is CCC/C(=C\c1ccc(O)cc1)CC[C@H]1OC[C@H]2C1=C(C)C[C@H]1C(=O)N(C3CCN(Cc4ccccc4)CC3)C(=O)[C@H]12. The average molecular weight is 569 g/mol. The average Bonchev–Trinajstić information content (AvgIpc) is 3.53. The van der Waals surface area contributed by atoms with Crippen LogP contribution in [0.2, 0.25) is 0 Å². The number of imide groups is 1. The Kier molecular flexibility index (Phi) is 8.64. The summed E-state index contributed by atoms with van der Waals surface area (Å²) in [5.41, 5.74) is 6.32. The maximum atomic E-state index is 13.9. The van der Waals surface area contributed by atoms with Crippen molar-refractivity contribution in [2.45, 2.75) is 77.5 Å². The lowest BCUT2D eigenvalue weighted by Crippen LogP contribution is -2.47. The van der Waals surface area contributed by atoms with E-state index in [1.165, 1.54) is 22.3 Å². The highest BCUT2D eigenvalue weighted by Gasteiger charge is 2.57. The summed E-state index contributed by atoms with van der Waals surface area (Å²) < 4.78 is 6.40.